The minimum Gasteiger partial charge on any atom is -0.449 e. The van der Waals surface area contributed by atoms with Crippen molar-refractivity contribution in [1.82, 2.24) is 0 Å². The molecule has 0 amide bonds. The fraction of sp³-hybridized carbons (Fsp3) is 0.250. The van der Waals surface area contributed by atoms with Crippen LogP contribution in [-0.4, -0.2) is 22.6 Å². The van der Waals surface area contributed by atoms with Crippen molar-refractivity contribution in [3.63, 3.8) is 0 Å². The lowest BCUT2D eigenvalue weighted by atomic mass is 10.2. The lowest BCUT2D eigenvalue weighted by molar-refractivity contribution is -0.148. The summed E-state index contributed by atoms with van der Waals surface area (Å²) in [4.78, 5) is 15.8. The predicted molar refractivity (Wildman–Crippen MR) is 66.8 cm³/mol. The molecule has 1 atom stereocenters. The van der Waals surface area contributed by atoms with Gasteiger partial charge in [0.25, 0.3) is 5.72 Å². The predicted octanol–water partition coefficient (Wildman–Crippen LogP) is 2.07. The first-order chi connectivity index (χ1) is 8.01. The molecule has 0 saturated heterocycles. The van der Waals surface area contributed by atoms with Gasteiger partial charge in [-0.1, -0.05) is 18.2 Å². The van der Waals surface area contributed by atoms with Gasteiger partial charge in [0.1, 0.15) is 0 Å². The number of cyclic esters (lactones) is 1. The molecule has 1 heterocycles. The second kappa shape index (κ2) is 4.25. The van der Waals surface area contributed by atoms with Crippen LogP contribution in [0.3, 0.4) is 0 Å². The Hall–Kier alpha value is -1.75. The summed E-state index contributed by atoms with van der Waals surface area (Å²) in [5.41, 5.74) is -0.632. The number of ether oxygens (including phenoxy) is 2. The van der Waals surface area contributed by atoms with E-state index in [1.54, 1.807) is 6.92 Å². The first kappa shape index (κ1) is 11.7. The van der Waals surface area contributed by atoms with Crippen LogP contribution >= 0.6 is 12.2 Å². The number of hydrogen-bond acceptors (Lipinski definition) is 5. The molecular weight excluding hydrogens is 238 g/mol. The summed E-state index contributed by atoms with van der Waals surface area (Å²) in [6.45, 7) is 3.12. The second-order valence-corrected chi connectivity index (χ2v) is 4.32. The van der Waals surface area contributed by atoms with Crippen molar-refractivity contribution in [3.8, 4) is 0 Å². The quantitative estimate of drug-likeness (QED) is 0.594. The molecule has 0 aliphatic carbocycles. The highest BCUT2D eigenvalue weighted by Gasteiger charge is 2.44. The molecule has 88 valence electrons. The van der Waals surface area contributed by atoms with Crippen LogP contribution in [0.2, 0.25) is 0 Å². The molecule has 1 aromatic carbocycles. The molecule has 1 aliphatic heterocycles. The van der Waals surface area contributed by atoms with Crippen molar-refractivity contribution in [3.05, 3.63) is 35.9 Å². The summed E-state index contributed by atoms with van der Waals surface area (Å²) in [6.07, 6.45) is 0. The number of carbonyl (C=O) groups excluding carboxylic acids is 1. The van der Waals surface area contributed by atoms with Crippen LogP contribution in [0.15, 0.2) is 35.3 Å². The Morgan fingerprint density at radius 3 is 2.65 bits per heavy atom. The first-order valence-corrected chi connectivity index (χ1v) is 5.49. The van der Waals surface area contributed by atoms with Gasteiger partial charge in [0, 0.05) is 19.4 Å². The number of carbonyl (C=O) groups is 1. The Bertz CT molecular complexity index is 498. The molecule has 0 bridgehead atoms. The van der Waals surface area contributed by atoms with Gasteiger partial charge in [0.2, 0.25) is 5.90 Å². The topological polar surface area (TPSA) is 47.9 Å². The Morgan fingerprint density at radius 1 is 1.41 bits per heavy atom. The molecule has 1 aromatic rings. The van der Waals surface area contributed by atoms with E-state index in [1.165, 1.54) is 6.92 Å². The van der Waals surface area contributed by atoms with Crippen LogP contribution in [0.1, 0.15) is 19.4 Å². The lowest BCUT2D eigenvalue weighted by Crippen LogP contribution is -2.34. The molecule has 0 N–H and O–H groups in total. The van der Waals surface area contributed by atoms with Crippen LogP contribution in [-0.2, 0) is 14.3 Å². The maximum Gasteiger partial charge on any atom is 0.380 e. The van der Waals surface area contributed by atoms with E-state index in [9.17, 15) is 4.79 Å². The number of aliphatic imine (C=N–C) groups is 1. The average molecular weight is 249 g/mol. The largest absolute Gasteiger partial charge is 0.449 e. The summed E-state index contributed by atoms with van der Waals surface area (Å²) in [7, 11) is 0. The molecular formula is C12H11NO3S. The third kappa shape index (κ3) is 2.34. The highest BCUT2D eigenvalue weighted by molar-refractivity contribution is 7.80. The van der Waals surface area contributed by atoms with Crippen LogP contribution in [0, 0.1) is 0 Å². The smallest absolute Gasteiger partial charge is 0.380 e. The SMILES string of the molecule is CC(=S)O[C@]1(C)N=C(c2ccccc2)OC1=O. The van der Waals surface area contributed by atoms with E-state index in [-0.39, 0.29) is 10.9 Å². The molecule has 5 heteroatoms. The molecule has 0 saturated carbocycles. The van der Waals surface area contributed by atoms with Gasteiger partial charge in [-0.25, -0.2) is 4.79 Å². The van der Waals surface area contributed by atoms with Crippen molar-refractivity contribution in [1.29, 1.82) is 0 Å². The van der Waals surface area contributed by atoms with Gasteiger partial charge in [0.05, 0.1) is 0 Å². The Labute approximate surface area is 104 Å². The summed E-state index contributed by atoms with van der Waals surface area (Å²) < 4.78 is 10.3. The standard InChI is InChI=1S/C12H11NO3S/c1-8(17)16-12(2)11(14)15-10(13-12)9-6-4-3-5-7-9/h3-7H,1-2H3/t12-/m0/s1. The zero-order valence-corrected chi connectivity index (χ0v) is 10.3. The van der Waals surface area contributed by atoms with Crippen molar-refractivity contribution < 1.29 is 14.3 Å². The van der Waals surface area contributed by atoms with Crippen molar-refractivity contribution in [2.24, 2.45) is 4.99 Å². The number of thiocarbonyl (C=S) groups is 1. The normalized spacial score (nSPS) is 22.9. The highest BCUT2D eigenvalue weighted by Crippen LogP contribution is 2.24. The summed E-state index contributed by atoms with van der Waals surface area (Å²) in [6, 6.07) is 9.17. The number of benzene rings is 1. The van der Waals surface area contributed by atoms with Crippen LogP contribution in [0.5, 0.6) is 0 Å². The number of esters is 1. The lowest BCUT2D eigenvalue weighted by Gasteiger charge is -2.16. The van der Waals surface area contributed by atoms with E-state index in [1.807, 2.05) is 30.3 Å². The van der Waals surface area contributed by atoms with Gasteiger partial charge < -0.3 is 9.47 Å². The monoisotopic (exact) mass is 249 g/mol. The van der Waals surface area contributed by atoms with Gasteiger partial charge in [-0.3, -0.25) is 0 Å². The fourth-order valence-electron chi connectivity index (χ4n) is 1.49. The molecule has 0 spiro atoms. The molecule has 4 nitrogen and oxygen atoms in total. The molecule has 0 radical (unpaired) electrons. The van der Waals surface area contributed by atoms with Crippen molar-refractivity contribution in [2.45, 2.75) is 19.6 Å². The Balaban J connectivity index is 2.31. The van der Waals surface area contributed by atoms with E-state index < -0.39 is 11.7 Å². The Morgan fingerprint density at radius 2 is 2.06 bits per heavy atom. The average Bonchev–Trinajstić information content (AvgIpc) is 2.55. The molecule has 2 rings (SSSR count). The van der Waals surface area contributed by atoms with Gasteiger partial charge in [-0.05, 0) is 24.4 Å². The van der Waals surface area contributed by atoms with Crippen molar-refractivity contribution >= 4 is 29.1 Å². The fourth-order valence-corrected chi connectivity index (χ4v) is 1.66. The number of nitrogens with zero attached hydrogens (tertiary/aromatic N) is 1. The number of hydrogen-bond donors (Lipinski definition) is 0. The third-order valence-electron chi connectivity index (χ3n) is 2.25. The van der Waals surface area contributed by atoms with E-state index in [0.717, 1.165) is 5.56 Å². The van der Waals surface area contributed by atoms with Crippen LogP contribution in [0.25, 0.3) is 0 Å². The highest BCUT2D eigenvalue weighted by atomic mass is 32.1. The van der Waals surface area contributed by atoms with E-state index in [4.69, 9.17) is 21.7 Å². The summed E-state index contributed by atoms with van der Waals surface area (Å²) >= 11 is 4.81. The Kier molecular flexibility index (Phi) is 2.93. The van der Waals surface area contributed by atoms with E-state index in [0.29, 0.717) is 0 Å². The van der Waals surface area contributed by atoms with Gasteiger partial charge >= 0.3 is 5.97 Å². The molecule has 0 fully saturated rings. The summed E-state index contributed by atoms with van der Waals surface area (Å²) in [5, 5.41) is 0.252. The van der Waals surface area contributed by atoms with Crippen molar-refractivity contribution in [2.75, 3.05) is 0 Å². The maximum absolute atomic E-state index is 11.7. The van der Waals surface area contributed by atoms with E-state index >= 15 is 0 Å². The molecule has 1 aliphatic rings. The number of rotatable bonds is 2. The minimum absolute atomic E-state index is 0.252. The third-order valence-corrected chi connectivity index (χ3v) is 2.33. The zero-order valence-electron chi connectivity index (χ0n) is 9.47. The molecule has 17 heavy (non-hydrogen) atoms. The minimum atomic E-state index is -1.36. The van der Waals surface area contributed by atoms with Gasteiger partial charge in [0.15, 0.2) is 5.05 Å². The van der Waals surface area contributed by atoms with Gasteiger partial charge in [-0.15, -0.1) is 0 Å². The first-order valence-electron chi connectivity index (χ1n) is 5.08. The van der Waals surface area contributed by atoms with Crippen LogP contribution < -0.4 is 0 Å². The second-order valence-electron chi connectivity index (χ2n) is 3.75. The molecule has 0 aromatic heterocycles. The summed E-state index contributed by atoms with van der Waals surface area (Å²) in [5.74, 6) is -0.296. The van der Waals surface area contributed by atoms with Crippen LogP contribution in [0.4, 0.5) is 0 Å². The zero-order chi connectivity index (χ0) is 12.5. The molecule has 0 unspecified atom stereocenters. The van der Waals surface area contributed by atoms with Gasteiger partial charge in [-0.2, -0.15) is 4.99 Å². The maximum atomic E-state index is 11.7. The van der Waals surface area contributed by atoms with E-state index in [2.05, 4.69) is 4.99 Å².